The van der Waals surface area contributed by atoms with Gasteiger partial charge in [0.05, 0.1) is 28.2 Å². The molecule has 0 aromatic heterocycles. The van der Waals surface area contributed by atoms with Crippen molar-refractivity contribution in [1.82, 2.24) is 0 Å². The number of carbonyl (C=O) groups is 1. The highest BCUT2D eigenvalue weighted by atomic mass is 79.9. The van der Waals surface area contributed by atoms with Crippen molar-refractivity contribution in [1.29, 1.82) is 5.26 Å². The first kappa shape index (κ1) is 13.9. The van der Waals surface area contributed by atoms with Gasteiger partial charge in [-0.25, -0.2) is 4.79 Å². The summed E-state index contributed by atoms with van der Waals surface area (Å²) in [6.45, 7) is 0. The lowest BCUT2D eigenvalue weighted by Crippen LogP contribution is -2.02. The first-order chi connectivity index (χ1) is 9.51. The molecule has 0 spiro atoms. The molecule has 0 atom stereocenters. The molecule has 0 aliphatic heterocycles. The van der Waals surface area contributed by atoms with Gasteiger partial charge in [0, 0.05) is 4.47 Å². The summed E-state index contributed by atoms with van der Waals surface area (Å²) in [7, 11) is 0. The third kappa shape index (κ3) is 2.90. The molecule has 0 amide bonds. The highest BCUT2D eigenvalue weighted by Gasteiger charge is 2.09. The first-order valence-corrected chi connectivity index (χ1v) is 6.40. The van der Waals surface area contributed by atoms with Crippen molar-refractivity contribution in [3.8, 4) is 6.07 Å². The van der Waals surface area contributed by atoms with Gasteiger partial charge in [-0.05, 0) is 36.4 Å². The highest BCUT2D eigenvalue weighted by molar-refractivity contribution is 9.10. The fourth-order valence-electron chi connectivity index (χ4n) is 1.66. The Labute approximate surface area is 123 Å². The summed E-state index contributed by atoms with van der Waals surface area (Å²) in [4.78, 5) is 11.0. The van der Waals surface area contributed by atoms with Gasteiger partial charge in [0.1, 0.15) is 6.07 Å². The number of anilines is 3. The fourth-order valence-corrected chi connectivity index (χ4v) is 2.02. The minimum atomic E-state index is -1.04. The third-order valence-electron chi connectivity index (χ3n) is 2.67. The van der Waals surface area contributed by atoms with Crippen LogP contribution in [0.1, 0.15) is 15.9 Å². The van der Waals surface area contributed by atoms with Gasteiger partial charge in [-0.1, -0.05) is 15.9 Å². The summed E-state index contributed by atoms with van der Waals surface area (Å²) >= 11 is 3.29. The Morgan fingerprint density at radius 2 is 2.00 bits per heavy atom. The Morgan fingerprint density at radius 1 is 1.25 bits per heavy atom. The van der Waals surface area contributed by atoms with Crippen LogP contribution in [0.2, 0.25) is 0 Å². The Morgan fingerprint density at radius 3 is 2.65 bits per heavy atom. The van der Waals surface area contributed by atoms with Crippen LogP contribution in [0.3, 0.4) is 0 Å². The number of nitrogens with zero attached hydrogens (tertiary/aromatic N) is 1. The standard InChI is InChI=1S/C14H10BrN3O2/c15-10-2-4-12(9(5-10)7-16)18-13-6-8(14(19)20)1-3-11(13)17/h1-6,18H,17H2,(H,19,20). The Balaban J connectivity index is 2.42. The number of nitrogen functional groups attached to an aromatic ring is 1. The van der Waals surface area contributed by atoms with Crippen LogP contribution in [0, 0.1) is 11.3 Å². The van der Waals surface area contributed by atoms with Gasteiger partial charge in [0.15, 0.2) is 0 Å². The van der Waals surface area contributed by atoms with Crippen molar-refractivity contribution in [2.75, 3.05) is 11.1 Å². The van der Waals surface area contributed by atoms with Crippen molar-refractivity contribution >= 4 is 39.0 Å². The van der Waals surface area contributed by atoms with Crippen LogP contribution in [0.25, 0.3) is 0 Å². The lowest BCUT2D eigenvalue weighted by atomic mass is 10.1. The van der Waals surface area contributed by atoms with E-state index in [1.165, 1.54) is 18.2 Å². The van der Waals surface area contributed by atoms with Gasteiger partial charge >= 0.3 is 5.97 Å². The predicted octanol–water partition coefficient (Wildman–Crippen LogP) is 3.34. The van der Waals surface area contributed by atoms with Crippen LogP contribution < -0.4 is 11.1 Å². The number of nitrogens with two attached hydrogens (primary N) is 1. The molecule has 0 fully saturated rings. The van der Waals surface area contributed by atoms with Crippen molar-refractivity contribution < 1.29 is 9.90 Å². The van der Waals surface area contributed by atoms with E-state index < -0.39 is 5.97 Å². The van der Waals surface area contributed by atoms with Gasteiger partial charge in [-0.15, -0.1) is 0 Å². The molecule has 100 valence electrons. The zero-order valence-corrected chi connectivity index (χ0v) is 11.8. The smallest absolute Gasteiger partial charge is 0.335 e. The second-order valence-electron chi connectivity index (χ2n) is 4.03. The number of hydrogen-bond acceptors (Lipinski definition) is 4. The van der Waals surface area contributed by atoms with Crippen LogP contribution >= 0.6 is 15.9 Å². The summed E-state index contributed by atoms with van der Waals surface area (Å²) in [5, 5.41) is 21.1. The zero-order valence-electron chi connectivity index (χ0n) is 10.2. The number of aromatic carboxylic acids is 1. The summed E-state index contributed by atoms with van der Waals surface area (Å²) in [6.07, 6.45) is 0. The average Bonchev–Trinajstić information content (AvgIpc) is 2.42. The highest BCUT2D eigenvalue weighted by Crippen LogP contribution is 2.28. The van der Waals surface area contributed by atoms with Gasteiger partial charge in [0.2, 0.25) is 0 Å². The molecule has 2 aromatic rings. The largest absolute Gasteiger partial charge is 0.478 e. The molecule has 6 heteroatoms. The maximum atomic E-state index is 11.0. The number of hydrogen-bond donors (Lipinski definition) is 3. The SMILES string of the molecule is N#Cc1cc(Br)ccc1Nc1cc(C(=O)O)ccc1N. The lowest BCUT2D eigenvalue weighted by molar-refractivity contribution is 0.0697. The van der Waals surface area contributed by atoms with Gasteiger partial charge in [0.25, 0.3) is 0 Å². The maximum absolute atomic E-state index is 11.0. The number of nitrogens with one attached hydrogen (secondary N) is 1. The molecule has 0 saturated heterocycles. The minimum Gasteiger partial charge on any atom is -0.478 e. The van der Waals surface area contributed by atoms with E-state index in [0.717, 1.165) is 4.47 Å². The fraction of sp³-hybridized carbons (Fsp3) is 0. The molecule has 2 aromatic carbocycles. The van der Waals surface area contributed by atoms with E-state index >= 15 is 0 Å². The normalized spacial score (nSPS) is 9.80. The molecule has 2 rings (SSSR count). The monoisotopic (exact) mass is 331 g/mol. The minimum absolute atomic E-state index is 0.123. The van der Waals surface area contributed by atoms with E-state index in [-0.39, 0.29) is 5.56 Å². The van der Waals surface area contributed by atoms with Gasteiger partial charge < -0.3 is 16.2 Å². The second kappa shape index (κ2) is 5.63. The summed E-state index contributed by atoms with van der Waals surface area (Å²) in [5.41, 5.74) is 7.78. The molecule has 0 aliphatic carbocycles. The van der Waals surface area contributed by atoms with E-state index in [0.29, 0.717) is 22.6 Å². The third-order valence-corrected chi connectivity index (χ3v) is 3.16. The maximum Gasteiger partial charge on any atom is 0.335 e. The second-order valence-corrected chi connectivity index (χ2v) is 4.95. The van der Waals surface area contributed by atoms with Crippen molar-refractivity contribution in [2.45, 2.75) is 0 Å². The molecule has 0 heterocycles. The summed E-state index contributed by atoms with van der Waals surface area (Å²) in [6, 6.07) is 11.6. The Hall–Kier alpha value is -2.52. The van der Waals surface area contributed by atoms with Crippen LogP contribution in [0.5, 0.6) is 0 Å². The van der Waals surface area contributed by atoms with Crippen LogP contribution in [-0.2, 0) is 0 Å². The van der Waals surface area contributed by atoms with Crippen molar-refractivity contribution in [2.24, 2.45) is 0 Å². The molecule has 0 bridgehead atoms. The molecule has 0 aliphatic rings. The molecule has 4 N–H and O–H groups in total. The lowest BCUT2D eigenvalue weighted by Gasteiger charge is -2.11. The van der Waals surface area contributed by atoms with Gasteiger partial charge in [-0.2, -0.15) is 5.26 Å². The molecule has 20 heavy (non-hydrogen) atoms. The Bertz CT molecular complexity index is 723. The number of rotatable bonds is 3. The topological polar surface area (TPSA) is 99.1 Å². The van der Waals surface area contributed by atoms with Crippen LogP contribution in [-0.4, -0.2) is 11.1 Å². The molecular weight excluding hydrogens is 322 g/mol. The van der Waals surface area contributed by atoms with Gasteiger partial charge in [-0.3, -0.25) is 0 Å². The molecule has 0 saturated carbocycles. The Kier molecular flexibility index (Phi) is 3.91. The van der Waals surface area contributed by atoms with E-state index in [2.05, 4.69) is 27.3 Å². The molecule has 5 nitrogen and oxygen atoms in total. The van der Waals surface area contributed by atoms with E-state index in [9.17, 15) is 4.79 Å². The molecular formula is C14H10BrN3O2. The average molecular weight is 332 g/mol. The summed E-state index contributed by atoms with van der Waals surface area (Å²) in [5.74, 6) is -1.04. The molecule has 0 radical (unpaired) electrons. The number of halogens is 1. The van der Waals surface area contributed by atoms with Crippen molar-refractivity contribution in [3.63, 3.8) is 0 Å². The van der Waals surface area contributed by atoms with Crippen LogP contribution in [0.4, 0.5) is 17.1 Å². The number of carboxylic acid groups (broad SMARTS) is 1. The van der Waals surface area contributed by atoms with Crippen molar-refractivity contribution in [3.05, 3.63) is 52.0 Å². The number of nitriles is 1. The zero-order chi connectivity index (χ0) is 14.7. The summed E-state index contributed by atoms with van der Waals surface area (Å²) < 4.78 is 0.784. The van der Waals surface area contributed by atoms with E-state index in [4.69, 9.17) is 16.1 Å². The van der Waals surface area contributed by atoms with E-state index in [1.807, 2.05) is 0 Å². The quantitative estimate of drug-likeness (QED) is 0.749. The predicted molar refractivity (Wildman–Crippen MR) is 80.0 cm³/mol. The van der Waals surface area contributed by atoms with E-state index in [1.54, 1.807) is 18.2 Å². The first-order valence-electron chi connectivity index (χ1n) is 5.61. The number of benzene rings is 2. The van der Waals surface area contributed by atoms with Crippen LogP contribution in [0.15, 0.2) is 40.9 Å². The number of carboxylic acids is 1. The molecule has 0 unspecified atom stereocenters.